The molecule has 3 N–H and O–H groups in total. The highest BCUT2D eigenvalue weighted by atomic mass is 16.3. The molecule has 1 aromatic rings. The molecule has 0 saturated carbocycles. The predicted octanol–water partition coefficient (Wildman–Crippen LogP) is 1.56. The first kappa shape index (κ1) is 14.7. The Kier molecular flexibility index (Phi) is 4.84. The Bertz CT molecular complexity index is 470. The topological polar surface area (TPSA) is 72.8 Å². The first-order valence-electron chi connectivity index (χ1n) is 7.13. The maximum Gasteiger partial charge on any atom is 0.257 e. The number of carbonyl (C=O) groups is 1. The number of aromatic hydroxyl groups is 2. The summed E-state index contributed by atoms with van der Waals surface area (Å²) in [7, 11) is 0. The van der Waals surface area contributed by atoms with Crippen molar-refractivity contribution in [3.63, 3.8) is 0 Å². The molecule has 1 atom stereocenters. The molecular weight excluding hydrogens is 256 g/mol. The highest BCUT2D eigenvalue weighted by Gasteiger charge is 2.22. The van der Waals surface area contributed by atoms with Crippen LogP contribution in [0.25, 0.3) is 0 Å². The standard InChI is InChI=1S/C15H22N2O3/c1-2-17(10-11-4-3-7-16-9-11)15(20)13-8-12(18)5-6-14(13)19/h5-6,8,11,16,18-19H,2-4,7,9-10H2,1H3. The van der Waals surface area contributed by atoms with Crippen molar-refractivity contribution in [1.29, 1.82) is 0 Å². The maximum atomic E-state index is 12.5. The second-order valence-electron chi connectivity index (χ2n) is 5.26. The molecule has 1 unspecified atom stereocenters. The zero-order valence-corrected chi connectivity index (χ0v) is 11.8. The van der Waals surface area contributed by atoms with Gasteiger partial charge in [0.1, 0.15) is 11.5 Å². The Balaban J connectivity index is 2.09. The molecule has 20 heavy (non-hydrogen) atoms. The first-order valence-corrected chi connectivity index (χ1v) is 7.13. The predicted molar refractivity (Wildman–Crippen MR) is 76.9 cm³/mol. The monoisotopic (exact) mass is 278 g/mol. The van der Waals surface area contributed by atoms with Gasteiger partial charge in [-0.1, -0.05) is 0 Å². The molecule has 110 valence electrons. The van der Waals surface area contributed by atoms with Crippen LogP contribution >= 0.6 is 0 Å². The molecular formula is C15H22N2O3. The van der Waals surface area contributed by atoms with Gasteiger partial charge < -0.3 is 20.4 Å². The van der Waals surface area contributed by atoms with Gasteiger partial charge in [0.05, 0.1) is 5.56 Å². The largest absolute Gasteiger partial charge is 0.508 e. The van der Waals surface area contributed by atoms with E-state index in [-0.39, 0.29) is 23.0 Å². The lowest BCUT2D eigenvalue weighted by Gasteiger charge is -2.29. The molecule has 0 radical (unpaired) electrons. The Labute approximate surface area is 119 Å². The van der Waals surface area contributed by atoms with Crippen molar-refractivity contribution < 1.29 is 15.0 Å². The Morgan fingerprint density at radius 1 is 1.45 bits per heavy atom. The molecule has 1 heterocycles. The lowest BCUT2D eigenvalue weighted by molar-refractivity contribution is 0.0725. The second-order valence-corrected chi connectivity index (χ2v) is 5.26. The summed E-state index contributed by atoms with van der Waals surface area (Å²) < 4.78 is 0. The van der Waals surface area contributed by atoms with Crippen LogP contribution in [0.15, 0.2) is 18.2 Å². The van der Waals surface area contributed by atoms with E-state index in [0.29, 0.717) is 19.0 Å². The molecule has 1 aromatic carbocycles. The van der Waals surface area contributed by atoms with Gasteiger partial charge in [-0.2, -0.15) is 0 Å². The Morgan fingerprint density at radius 2 is 2.25 bits per heavy atom. The molecule has 1 fully saturated rings. The SMILES string of the molecule is CCN(CC1CCCNC1)C(=O)c1cc(O)ccc1O. The van der Waals surface area contributed by atoms with Crippen molar-refractivity contribution in [3.8, 4) is 11.5 Å². The van der Waals surface area contributed by atoms with Crippen molar-refractivity contribution in [2.24, 2.45) is 5.92 Å². The average molecular weight is 278 g/mol. The van der Waals surface area contributed by atoms with E-state index in [4.69, 9.17) is 0 Å². The molecule has 1 aliphatic heterocycles. The van der Waals surface area contributed by atoms with E-state index < -0.39 is 0 Å². The van der Waals surface area contributed by atoms with E-state index in [9.17, 15) is 15.0 Å². The maximum absolute atomic E-state index is 12.5. The van der Waals surface area contributed by atoms with Gasteiger partial charge >= 0.3 is 0 Å². The van der Waals surface area contributed by atoms with Crippen molar-refractivity contribution in [2.45, 2.75) is 19.8 Å². The van der Waals surface area contributed by atoms with Crippen LogP contribution in [0.4, 0.5) is 0 Å². The summed E-state index contributed by atoms with van der Waals surface area (Å²) >= 11 is 0. The highest BCUT2D eigenvalue weighted by Crippen LogP contribution is 2.24. The third-order valence-corrected chi connectivity index (χ3v) is 3.76. The number of phenolic OH excluding ortho intramolecular Hbond substituents is 2. The summed E-state index contributed by atoms with van der Waals surface area (Å²) in [5.41, 5.74) is 0.163. The van der Waals surface area contributed by atoms with E-state index in [2.05, 4.69) is 5.32 Å². The fraction of sp³-hybridized carbons (Fsp3) is 0.533. The zero-order valence-electron chi connectivity index (χ0n) is 11.8. The van der Waals surface area contributed by atoms with Crippen molar-refractivity contribution in [3.05, 3.63) is 23.8 Å². The lowest BCUT2D eigenvalue weighted by Crippen LogP contribution is -2.41. The van der Waals surface area contributed by atoms with Crippen LogP contribution in [0, 0.1) is 5.92 Å². The second kappa shape index (κ2) is 6.61. The van der Waals surface area contributed by atoms with Crippen molar-refractivity contribution in [2.75, 3.05) is 26.2 Å². The van der Waals surface area contributed by atoms with E-state index >= 15 is 0 Å². The summed E-state index contributed by atoms with van der Waals surface area (Å²) in [5, 5.41) is 22.6. The van der Waals surface area contributed by atoms with Gasteiger partial charge in [0, 0.05) is 13.1 Å². The van der Waals surface area contributed by atoms with Crippen LogP contribution in [0.3, 0.4) is 0 Å². The van der Waals surface area contributed by atoms with Crippen LogP contribution in [0.2, 0.25) is 0 Å². The van der Waals surface area contributed by atoms with E-state index in [0.717, 1.165) is 25.9 Å². The molecule has 1 aliphatic rings. The fourth-order valence-corrected chi connectivity index (χ4v) is 2.61. The van der Waals surface area contributed by atoms with Crippen LogP contribution in [-0.4, -0.2) is 47.2 Å². The molecule has 0 bridgehead atoms. The first-order chi connectivity index (χ1) is 9.61. The van der Waals surface area contributed by atoms with Crippen LogP contribution < -0.4 is 5.32 Å². The summed E-state index contributed by atoms with van der Waals surface area (Å²) in [4.78, 5) is 14.2. The quantitative estimate of drug-likeness (QED) is 0.731. The molecule has 2 rings (SSSR count). The van der Waals surface area contributed by atoms with Crippen molar-refractivity contribution >= 4 is 5.91 Å². The average Bonchev–Trinajstić information content (AvgIpc) is 2.47. The Hall–Kier alpha value is -1.75. The zero-order chi connectivity index (χ0) is 14.5. The third kappa shape index (κ3) is 3.42. The molecule has 0 spiro atoms. The smallest absolute Gasteiger partial charge is 0.257 e. The number of carbonyl (C=O) groups excluding carboxylic acids is 1. The minimum atomic E-state index is -0.230. The number of piperidine rings is 1. The molecule has 1 saturated heterocycles. The fourth-order valence-electron chi connectivity index (χ4n) is 2.61. The molecule has 5 nitrogen and oxygen atoms in total. The van der Waals surface area contributed by atoms with Crippen LogP contribution in [0.1, 0.15) is 30.1 Å². The lowest BCUT2D eigenvalue weighted by atomic mass is 9.98. The summed E-state index contributed by atoms with van der Waals surface area (Å²) in [6.07, 6.45) is 2.25. The molecule has 5 heteroatoms. The van der Waals surface area contributed by atoms with Crippen LogP contribution in [0.5, 0.6) is 11.5 Å². The van der Waals surface area contributed by atoms with Gasteiger partial charge in [-0.25, -0.2) is 0 Å². The number of hydrogen-bond acceptors (Lipinski definition) is 4. The molecule has 0 aromatic heterocycles. The number of hydrogen-bond donors (Lipinski definition) is 3. The Morgan fingerprint density at radius 3 is 2.90 bits per heavy atom. The minimum absolute atomic E-state index is 0.0125. The number of nitrogens with zero attached hydrogens (tertiary/aromatic N) is 1. The van der Waals surface area contributed by atoms with E-state index in [1.54, 1.807) is 4.90 Å². The number of rotatable bonds is 4. The number of phenols is 2. The minimum Gasteiger partial charge on any atom is -0.508 e. The normalized spacial score (nSPS) is 18.8. The summed E-state index contributed by atoms with van der Waals surface area (Å²) in [6, 6.07) is 4.03. The van der Waals surface area contributed by atoms with Gasteiger partial charge in [-0.15, -0.1) is 0 Å². The van der Waals surface area contributed by atoms with Crippen LogP contribution in [-0.2, 0) is 0 Å². The number of benzene rings is 1. The number of nitrogens with one attached hydrogen (secondary N) is 1. The third-order valence-electron chi connectivity index (χ3n) is 3.76. The van der Waals surface area contributed by atoms with Gasteiger partial charge in [0.15, 0.2) is 0 Å². The van der Waals surface area contributed by atoms with Gasteiger partial charge in [-0.3, -0.25) is 4.79 Å². The highest BCUT2D eigenvalue weighted by molar-refractivity contribution is 5.97. The van der Waals surface area contributed by atoms with Gasteiger partial charge in [0.2, 0.25) is 0 Å². The van der Waals surface area contributed by atoms with E-state index in [1.807, 2.05) is 6.92 Å². The molecule has 0 aliphatic carbocycles. The summed E-state index contributed by atoms with van der Waals surface area (Å²) in [6.45, 7) is 5.16. The van der Waals surface area contributed by atoms with Gasteiger partial charge in [0.25, 0.3) is 5.91 Å². The summed E-state index contributed by atoms with van der Waals surface area (Å²) in [5.74, 6) is 0.119. The van der Waals surface area contributed by atoms with E-state index in [1.165, 1.54) is 18.2 Å². The van der Waals surface area contributed by atoms with Crippen molar-refractivity contribution in [1.82, 2.24) is 10.2 Å². The van der Waals surface area contributed by atoms with Gasteiger partial charge in [-0.05, 0) is 57.0 Å². The molecule has 1 amide bonds. The number of amides is 1.